The van der Waals surface area contributed by atoms with Crippen LogP contribution in [0, 0.1) is 6.92 Å². The van der Waals surface area contributed by atoms with Crippen molar-refractivity contribution in [3.63, 3.8) is 0 Å². The van der Waals surface area contributed by atoms with E-state index in [-0.39, 0.29) is 0 Å². The number of rotatable bonds is 2. The number of nitrogens with zero attached hydrogens (tertiary/aromatic N) is 2. The van der Waals surface area contributed by atoms with Crippen molar-refractivity contribution < 1.29 is 0 Å². The minimum atomic E-state index is 0.351. The summed E-state index contributed by atoms with van der Waals surface area (Å²) in [4.78, 5) is 8.46. The van der Waals surface area contributed by atoms with Crippen LogP contribution in [0.5, 0.6) is 0 Å². The molecule has 1 rings (SSSR count). The molecule has 0 aliphatic rings. The lowest BCUT2D eigenvalue weighted by Crippen LogP contribution is -1.93. The summed E-state index contributed by atoms with van der Waals surface area (Å²) in [6.07, 6.45) is 3.68. The van der Waals surface area contributed by atoms with Gasteiger partial charge in [-0.1, -0.05) is 6.07 Å². The molecule has 2 heteroatoms. The van der Waals surface area contributed by atoms with Crippen LogP contribution < -0.4 is 0 Å². The van der Waals surface area contributed by atoms with Gasteiger partial charge in [0.05, 0.1) is 0 Å². The Morgan fingerprint density at radius 2 is 2.25 bits per heavy atom. The maximum absolute atomic E-state index is 4.29. The zero-order valence-corrected chi connectivity index (χ0v) is 7.78. The van der Waals surface area contributed by atoms with E-state index in [2.05, 4.69) is 23.8 Å². The van der Waals surface area contributed by atoms with Crippen LogP contribution in [0.2, 0.25) is 0 Å². The van der Waals surface area contributed by atoms with Gasteiger partial charge in [-0.3, -0.25) is 9.98 Å². The Hall–Kier alpha value is -1.18. The van der Waals surface area contributed by atoms with Gasteiger partial charge in [0.15, 0.2) is 0 Å². The summed E-state index contributed by atoms with van der Waals surface area (Å²) in [5, 5.41) is 0. The monoisotopic (exact) mass is 162 g/mol. The summed E-state index contributed by atoms with van der Waals surface area (Å²) in [6, 6.07) is 4.30. The standard InChI is InChI=1S/C10H14N2/c1-8(2)12-7-10-5-4-6-11-9(10)3/h4-8H,1-3H3. The second-order valence-corrected chi connectivity index (χ2v) is 3.05. The van der Waals surface area contributed by atoms with E-state index in [1.165, 1.54) is 0 Å². The van der Waals surface area contributed by atoms with Crippen molar-refractivity contribution in [3.05, 3.63) is 29.6 Å². The molecule has 0 aromatic carbocycles. The lowest BCUT2D eigenvalue weighted by Gasteiger charge is -1.98. The normalized spacial score (nSPS) is 11.3. The fourth-order valence-electron chi connectivity index (χ4n) is 0.862. The second kappa shape index (κ2) is 4.00. The maximum atomic E-state index is 4.29. The lowest BCUT2D eigenvalue weighted by atomic mass is 10.2. The summed E-state index contributed by atoms with van der Waals surface area (Å²) < 4.78 is 0. The predicted molar refractivity (Wildman–Crippen MR) is 51.7 cm³/mol. The van der Waals surface area contributed by atoms with Crippen LogP contribution in [0.3, 0.4) is 0 Å². The van der Waals surface area contributed by atoms with Crippen LogP contribution in [-0.4, -0.2) is 17.2 Å². The molecule has 2 nitrogen and oxygen atoms in total. The van der Waals surface area contributed by atoms with Crippen LogP contribution in [0.25, 0.3) is 0 Å². The molecule has 0 saturated heterocycles. The van der Waals surface area contributed by atoms with Gasteiger partial charge in [0.25, 0.3) is 0 Å². The van der Waals surface area contributed by atoms with Crippen molar-refractivity contribution in [3.8, 4) is 0 Å². The van der Waals surface area contributed by atoms with Crippen molar-refractivity contribution >= 4 is 6.21 Å². The molecule has 0 amide bonds. The first-order chi connectivity index (χ1) is 5.70. The Kier molecular flexibility index (Phi) is 2.97. The van der Waals surface area contributed by atoms with E-state index in [0.717, 1.165) is 11.3 Å². The minimum Gasteiger partial charge on any atom is -0.290 e. The highest BCUT2D eigenvalue weighted by atomic mass is 14.7. The highest BCUT2D eigenvalue weighted by Gasteiger charge is 1.93. The molecule has 0 unspecified atom stereocenters. The molecule has 0 aliphatic carbocycles. The third-order valence-corrected chi connectivity index (χ3v) is 1.56. The third-order valence-electron chi connectivity index (χ3n) is 1.56. The van der Waals surface area contributed by atoms with Crippen molar-refractivity contribution in [1.82, 2.24) is 4.98 Å². The molecule has 0 fully saturated rings. The van der Waals surface area contributed by atoms with Crippen LogP contribution >= 0.6 is 0 Å². The quantitative estimate of drug-likeness (QED) is 0.612. The fourth-order valence-corrected chi connectivity index (χ4v) is 0.862. The largest absolute Gasteiger partial charge is 0.290 e. The van der Waals surface area contributed by atoms with E-state index < -0.39 is 0 Å². The topological polar surface area (TPSA) is 25.2 Å². The molecule has 1 heterocycles. The van der Waals surface area contributed by atoms with Crippen molar-refractivity contribution in [1.29, 1.82) is 0 Å². The van der Waals surface area contributed by atoms with E-state index >= 15 is 0 Å². The van der Waals surface area contributed by atoms with Crippen molar-refractivity contribution in [2.45, 2.75) is 26.8 Å². The fraction of sp³-hybridized carbons (Fsp3) is 0.400. The SMILES string of the molecule is Cc1ncccc1C=NC(C)C. The first-order valence-corrected chi connectivity index (χ1v) is 4.15. The summed E-state index contributed by atoms with van der Waals surface area (Å²) in [6.45, 7) is 6.10. The average molecular weight is 162 g/mol. The van der Waals surface area contributed by atoms with E-state index in [0.29, 0.717) is 6.04 Å². The second-order valence-electron chi connectivity index (χ2n) is 3.05. The van der Waals surface area contributed by atoms with Crippen LogP contribution in [0.4, 0.5) is 0 Å². The minimum absolute atomic E-state index is 0.351. The molecule has 0 saturated carbocycles. The molecule has 0 aliphatic heterocycles. The molecule has 64 valence electrons. The zero-order valence-electron chi connectivity index (χ0n) is 7.78. The summed E-state index contributed by atoms with van der Waals surface area (Å²) >= 11 is 0. The number of aliphatic imine (C=N–C) groups is 1. The average Bonchev–Trinajstić information content (AvgIpc) is 2.03. The highest BCUT2D eigenvalue weighted by Crippen LogP contribution is 2.00. The maximum Gasteiger partial charge on any atom is 0.0460 e. The van der Waals surface area contributed by atoms with Gasteiger partial charge in [-0.2, -0.15) is 0 Å². The van der Waals surface area contributed by atoms with E-state index in [1.54, 1.807) is 6.20 Å². The zero-order chi connectivity index (χ0) is 8.97. The Balaban J connectivity index is 2.82. The van der Waals surface area contributed by atoms with E-state index in [4.69, 9.17) is 0 Å². The Morgan fingerprint density at radius 1 is 1.50 bits per heavy atom. The van der Waals surface area contributed by atoms with Gasteiger partial charge in [-0.15, -0.1) is 0 Å². The van der Waals surface area contributed by atoms with Gasteiger partial charge in [0.2, 0.25) is 0 Å². The summed E-state index contributed by atoms with van der Waals surface area (Å²) in [5.74, 6) is 0. The molecule has 0 N–H and O–H groups in total. The molecular weight excluding hydrogens is 148 g/mol. The molecule has 0 spiro atoms. The Morgan fingerprint density at radius 3 is 2.83 bits per heavy atom. The molecular formula is C10H14N2. The van der Waals surface area contributed by atoms with E-state index in [9.17, 15) is 0 Å². The predicted octanol–water partition coefficient (Wildman–Crippen LogP) is 2.22. The first kappa shape index (κ1) is 8.91. The smallest absolute Gasteiger partial charge is 0.0460 e. The van der Waals surface area contributed by atoms with Crippen LogP contribution in [0.1, 0.15) is 25.1 Å². The van der Waals surface area contributed by atoms with Crippen molar-refractivity contribution in [2.24, 2.45) is 4.99 Å². The molecule has 1 aromatic heterocycles. The number of aryl methyl sites for hydroxylation is 1. The number of hydrogen-bond donors (Lipinski definition) is 0. The Labute approximate surface area is 73.4 Å². The number of aromatic nitrogens is 1. The highest BCUT2D eigenvalue weighted by molar-refractivity contribution is 5.80. The van der Waals surface area contributed by atoms with E-state index in [1.807, 2.05) is 25.3 Å². The molecule has 0 atom stereocenters. The van der Waals surface area contributed by atoms with Crippen molar-refractivity contribution in [2.75, 3.05) is 0 Å². The van der Waals surface area contributed by atoms with Gasteiger partial charge >= 0.3 is 0 Å². The molecule has 12 heavy (non-hydrogen) atoms. The van der Waals surface area contributed by atoms with Gasteiger partial charge < -0.3 is 0 Å². The lowest BCUT2D eigenvalue weighted by molar-refractivity contribution is 0.841. The van der Waals surface area contributed by atoms with Crippen LogP contribution in [-0.2, 0) is 0 Å². The summed E-state index contributed by atoms with van der Waals surface area (Å²) in [5.41, 5.74) is 2.13. The van der Waals surface area contributed by atoms with Gasteiger partial charge in [-0.05, 0) is 26.8 Å². The number of hydrogen-bond acceptors (Lipinski definition) is 2. The molecule has 0 radical (unpaired) electrons. The molecule has 0 bridgehead atoms. The number of pyridine rings is 1. The van der Waals surface area contributed by atoms with Crippen LogP contribution in [0.15, 0.2) is 23.3 Å². The Bertz CT molecular complexity index is 277. The summed E-state index contributed by atoms with van der Waals surface area (Å²) in [7, 11) is 0. The third kappa shape index (κ3) is 2.46. The van der Waals surface area contributed by atoms with Gasteiger partial charge in [0.1, 0.15) is 0 Å². The first-order valence-electron chi connectivity index (χ1n) is 4.15. The van der Waals surface area contributed by atoms with Gasteiger partial charge in [-0.25, -0.2) is 0 Å². The van der Waals surface area contributed by atoms with Gasteiger partial charge in [0, 0.05) is 29.7 Å². The molecule has 1 aromatic rings.